The number of hydrogen-bond donors (Lipinski definition) is 1. The molecule has 0 saturated carbocycles. The highest BCUT2D eigenvalue weighted by atomic mass is 14.9. The molecule has 0 aliphatic heterocycles. The SMILES string of the molecule is CNCCCc1nc(C)cc(-c2cccc(C)c2)n1. The molecule has 100 valence electrons. The van der Waals surface area contributed by atoms with E-state index in [1.165, 1.54) is 11.1 Å². The van der Waals surface area contributed by atoms with Crippen LogP contribution in [0, 0.1) is 13.8 Å². The lowest BCUT2D eigenvalue weighted by molar-refractivity contribution is 0.701. The number of hydrogen-bond acceptors (Lipinski definition) is 3. The Hall–Kier alpha value is -1.74. The van der Waals surface area contributed by atoms with Crippen molar-refractivity contribution in [3.05, 3.63) is 47.4 Å². The molecular weight excluding hydrogens is 234 g/mol. The fraction of sp³-hybridized carbons (Fsp3) is 0.375. The molecule has 1 aromatic heterocycles. The van der Waals surface area contributed by atoms with Gasteiger partial charge in [-0.2, -0.15) is 0 Å². The van der Waals surface area contributed by atoms with Crippen molar-refractivity contribution >= 4 is 0 Å². The summed E-state index contributed by atoms with van der Waals surface area (Å²) < 4.78 is 0. The first-order valence-electron chi connectivity index (χ1n) is 6.75. The Morgan fingerprint density at radius 1 is 1.11 bits per heavy atom. The van der Waals surface area contributed by atoms with Crippen LogP contribution in [0.2, 0.25) is 0 Å². The van der Waals surface area contributed by atoms with Crippen LogP contribution in [0.5, 0.6) is 0 Å². The molecule has 0 unspecified atom stereocenters. The van der Waals surface area contributed by atoms with Gasteiger partial charge in [-0.3, -0.25) is 0 Å². The van der Waals surface area contributed by atoms with Crippen molar-refractivity contribution in [2.45, 2.75) is 26.7 Å². The van der Waals surface area contributed by atoms with Gasteiger partial charge in [0, 0.05) is 17.7 Å². The summed E-state index contributed by atoms with van der Waals surface area (Å²) in [7, 11) is 1.97. The second kappa shape index (κ2) is 6.43. The number of benzene rings is 1. The predicted octanol–water partition coefficient (Wildman–Crippen LogP) is 2.91. The zero-order valence-corrected chi connectivity index (χ0v) is 11.9. The van der Waals surface area contributed by atoms with Gasteiger partial charge in [0.25, 0.3) is 0 Å². The molecule has 0 spiro atoms. The maximum Gasteiger partial charge on any atom is 0.129 e. The minimum absolute atomic E-state index is 0.918. The Bertz CT molecular complexity index is 549. The lowest BCUT2D eigenvalue weighted by Crippen LogP contribution is -2.10. The van der Waals surface area contributed by atoms with E-state index < -0.39 is 0 Å². The van der Waals surface area contributed by atoms with Gasteiger partial charge in [-0.25, -0.2) is 9.97 Å². The first-order valence-corrected chi connectivity index (χ1v) is 6.75. The summed E-state index contributed by atoms with van der Waals surface area (Å²) in [6.45, 7) is 5.13. The third kappa shape index (κ3) is 3.86. The van der Waals surface area contributed by atoms with Crippen LogP contribution in [0.3, 0.4) is 0 Å². The maximum absolute atomic E-state index is 4.68. The normalized spacial score (nSPS) is 10.7. The van der Waals surface area contributed by atoms with Crippen molar-refractivity contribution in [1.82, 2.24) is 15.3 Å². The van der Waals surface area contributed by atoms with Crippen LogP contribution in [-0.2, 0) is 6.42 Å². The summed E-state index contributed by atoms with van der Waals surface area (Å²) in [5.41, 5.74) is 4.48. The van der Waals surface area contributed by atoms with E-state index in [4.69, 9.17) is 0 Å². The highest BCUT2D eigenvalue weighted by Crippen LogP contribution is 2.19. The van der Waals surface area contributed by atoms with Gasteiger partial charge in [0.15, 0.2) is 0 Å². The first kappa shape index (κ1) is 13.7. The molecule has 1 heterocycles. The van der Waals surface area contributed by atoms with Crippen molar-refractivity contribution < 1.29 is 0 Å². The summed E-state index contributed by atoms with van der Waals surface area (Å²) in [5.74, 6) is 0.937. The van der Waals surface area contributed by atoms with Crippen molar-refractivity contribution in [3.8, 4) is 11.3 Å². The smallest absolute Gasteiger partial charge is 0.129 e. The zero-order chi connectivity index (χ0) is 13.7. The van der Waals surface area contributed by atoms with Crippen LogP contribution < -0.4 is 5.32 Å². The monoisotopic (exact) mass is 255 g/mol. The quantitative estimate of drug-likeness (QED) is 0.835. The van der Waals surface area contributed by atoms with E-state index in [9.17, 15) is 0 Å². The molecule has 0 aliphatic carbocycles. The Labute approximate surface area is 115 Å². The van der Waals surface area contributed by atoms with E-state index in [1.54, 1.807) is 0 Å². The topological polar surface area (TPSA) is 37.8 Å². The van der Waals surface area contributed by atoms with Crippen LogP contribution in [0.1, 0.15) is 23.5 Å². The largest absolute Gasteiger partial charge is 0.320 e. The molecule has 0 radical (unpaired) electrons. The van der Waals surface area contributed by atoms with E-state index in [2.05, 4.69) is 52.5 Å². The summed E-state index contributed by atoms with van der Waals surface area (Å²) in [6, 6.07) is 10.5. The number of aromatic nitrogens is 2. The number of nitrogens with zero attached hydrogens (tertiary/aromatic N) is 2. The minimum atomic E-state index is 0.918. The van der Waals surface area contributed by atoms with Crippen LogP contribution in [0.15, 0.2) is 30.3 Å². The van der Waals surface area contributed by atoms with E-state index in [0.717, 1.165) is 36.6 Å². The summed E-state index contributed by atoms with van der Waals surface area (Å²) in [4.78, 5) is 9.19. The molecule has 0 fully saturated rings. The highest BCUT2D eigenvalue weighted by Gasteiger charge is 2.05. The molecular formula is C16H21N3. The highest BCUT2D eigenvalue weighted by molar-refractivity contribution is 5.60. The van der Waals surface area contributed by atoms with Gasteiger partial charge >= 0.3 is 0 Å². The zero-order valence-electron chi connectivity index (χ0n) is 11.9. The van der Waals surface area contributed by atoms with Crippen LogP contribution in [0.4, 0.5) is 0 Å². The lowest BCUT2D eigenvalue weighted by Gasteiger charge is -2.07. The number of rotatable bonds is 5. The molecule has 3 nitrogen and oxygen atoms in total. The predicted molar refractivity (Wildman–Crippen MR) is 79.2 cm³/mol. The van der Waals surface area contributed by atoms with Gasteiger partial charge in [-0.1, -0.05) is 23.8 Å². The molecule has 0 bridgehead atoms. The molecule has 0 amide bonds. The Kier molecular flexibility index (Phi) is 4.63. The Morgan fingerprint density at radius 3 is 2.68 bits per heavy atom. The molecule has 3 heteroatoms. The van der Waals surface area contributed by atoms with Crippen LogP contribution in [0.25, 0.3) is 11.3 Å². The van der Waals surface area contributed by atoms with Gasteiger partial charge < -0.3 is 5.32 Å². The Balaban J connectivity index is 2.26. The van der Waals surface area contributed by atoms with Gasteiger partial charge in [0.1, 0.15) is 5.82 Å². The number of aryl methyl sites for hydroxylation is 3. The van der Waals surface area contributed by atoms with Crippen LogP contribution >= 0.6 is 0 Å². The van der Waals surface area contributed by atoms with Crippen molar-refractivity contribution in [3.63, 3.8) is 0 Å². The van der Waals surface area contributed by atoms with E-state index >= 15 is 0 Å². The second-order valence-corrected chi connectivity index (χ2v) is 4.89. The molecule has 0 aliphatic rings. The third-order valence-corrected chi connectivity index (χ3v) is 3.04. The average molecular weight is 255 g/mol. The van der Waals surface area contributed by atoms with Gasteiger partial charge in [0.2, 0.25) is 0 Å². The maximum atomic E-state index is 4.68. The van der Waals surface area contributed by atoms with Gasteiger partial charge in [0.05, 0.1) is 5.69 Å². The fourth-order valence-corrected chi connectivity index (χ4v) is 2.12. The van der Waals surface area contributed by atoms with Crippen molar-refractivity contribution in [2.24, 2.45) is 0 Å². The Morgan fingerprint density at radius 2 is 1.95 bits per heavy atom. The summed E-state index contributed by atoms with van der Waals surface area (Å²) in [5, 5.41) is 3.15. The first-order chi connectivity index (χ1) is 9.19. The summed E-state index contributed by atoms with van der Waals surface area (Å²) >= 11 is 0. The van der Waals surface area contributed by atoms with E-state index in [-0.39, 0.29) is 0 Å². The molecule has 2 aromatic rings. The average Bonchev–Trinajstić information content (AvgIpc) is 2.38. The van der Waals surface area contributed by atoms with Crippen molar-refractivity contribution in [1.29, 1.82) is 0 Å². The van der Waals surface area contributed by atoms with Gasteiger partial charge in [-0.05, 0) is 46.0 Å². The molecule has 0 saturated heterocycles. The fourth-order valence-electron chi connectivity index (χ4n) is 2.12. The second-order valence-electron chi connectivity index (χ2n) is 4.89. The summed E-state index contributed by atoms with van der Waals surface area (Å²) in [6.07, 6.45) is 1.98. The minimum Gasteiger partial charge on any atom is -0.320 e. The molecule has 2 rings (SSSR count). The standard InChI is InChI=1S/C16H21N3/c1-12-6-4-7-14(10-12)15-11-13(2)18-16(19-15)8-5-9-17-3/h4,6-7,10-11,17H,5,8-9H2,1-3H3. The van der Waals surface area contributed by atoms with E-state index in [1.807, 2.05) is 14.0 Å². The number of nitrogens with one attached hydrogen (secondary N) is 1. The molecule has 0 atom stereocenters. The van der Waals surface area contributed by atoms with E-state index in [0.29, 0.717) is 0 Å². The lowest BCUT2D eigenvalue weighted by atomic mass is 10.1. The van der Waals surface area contributed by atoms with Gasteiger partial charge in [-0.15, -0.1) is 0 Å². The van der Waals surface area contributed by atoms with Crippen LogP contribution in [-0.4, -0.2) is 23.6 Å². The third-order valence-electron chi connectivity index (χ3n) is 3.04. The molecule has 19 heavy (non-hydrogen) atoms. The molecule has 1 aromatic carbocycles. The van der Waals surface area contributed by atoms with Crippen molar-refractivity contribution in [2.75, 3.05) is 13.6 Å². The molecule has 1 N–H and O–H groups in total.